The third-order valence-electron chi connectivity index (χ3n) is 4.33. The lowest BCUT2D eigenvalue weighted by atomic mass is 10.1. The van der Waals surface area contributed by atoms with E-state index in [-0.39, 0.29) is 16.6 Å². The molecule has 0 saturated heterocycles. The number of rotatable bonds is 8. The smallest absolute Gasteiger partial charge is 0.321 e. The van der Waals surface area contributed by atoms with E-state index in [1.807, 2.05) is 18.5 Å². The number of hydrogen-bond donors (Lipinski definition) is 2. The average Bonchev–Trinajstić information content (AvgIpc) is 2.92. The van der Waals surface area contributed by atoms with Crippen LogP contribution in [0.4, 0.5) is 5.69 Å². The van der Waals surface area contributed by atoms with Crippen LogP contribution in [-0.2, 0) is 31.4 Å². The Bertz CT molecular complexity index is 1040. The van der Waals surface area contributed by atoms with Gasteiger partial charge in [-0.2, -0.15) is 4.72 Å². The van der Waals surface area contributed by atoms with E-state index < -0.39 is 29.1 Å². The van der Waals surface area contributed by atoms with Crippen LogP contribution in [0.1, 0.15) is 28.7 Å². The van der Waals surface area contributed by atoms with Crippen molar-refractivity contribution in [1.82, 2.24) is 9.29 Å². The van der Waals surface area contributed by atoms with E-state index in [2.05, 4.69) is 10.0 Å². The number of aryl methyl sites for hydroxylation is 1. The molecule has 0 radical (unpaired) electrons. The molecule has 0 aliphatic heterocycles. The second-order valence-corrected chi connectivity index (χ2v) is 8.22. The van der Waals surface area contributed by atoms with E-state index in [1.54, 1.807) is 13.0 Å². The van der Waals surface area contributed by atoms with Crippen LogP contribution in [-0.4, -0.2) is 43.8 Å². The molecule has 1 heterocycles. The zero-order chi connectivity index (χ0) is 21.8. The second kappa shape index (κ2) is 9.01. The minimum absolute atomic E-state index is 0.0779. The molecular formula is C19H23N3O6S. The molecule has 0 fully saturated rings. The number of benzene rings is 1. The first-order chi connectivity index (χ1) is 13.5. The van der Waals surface area contributed by atoms with Gasteiger partial charge in [-0.1, -0.05) is 0 Å². The number of Topliss-reactive ketones (excluding diaryl/α,β-unsaturated/α-hetero) is 1. The van der Waals surface area contributed by atoms with E-state index in [4.69, 9.17) is 4.74 Å². The van der Waals surface area contributed by atoms with Crippen molar-refractivity contribution in [3.8, 4) is 0 Å². The number of nitrogens with zero attached hydrogens (tertiary/aromatic N) is 1. The number of ether oxygens (including phenoxy) is 1. The van der Waals surface area contributed by atoms with Crippen molar-refractivity contribution in [2.75, 3.05) is 18.5 Å². The number of carbonyl (C=O) groups excluding carboxylic acids is 3. The summed E-state index contributed by atoms with van der Waals surface area (Å²) in [6.07, 6.45) is 0. The van der Waals surface area contributed by atoms with E-state index >= 15 is 0 Å². The highest BCUT2D eigenvalue weighted by atomic mass is 32.2. The maximum absolute atomic E-state index is 12.2. The van der Waals surface area contributed by atoms with Gasteiger partial charge in [0.2, 0.25) is 21.7 Å². The van der Waals surface area contributed by atoms with Crippen molar-refractivity contribution < 1.29 is 27.5 Å². The molecule has 10 heteroatoms. The van der Waals surface area contributed by atoms with Gasteiger partial charge in [-0.3, -0.25) is 14.4 Å². The number of sulfonamides is 1. The van der Waals surface area contributed by atoms with Crippen LogP contribution in [0.3, 0.4) is 0 Å². The highest BCUT2D eigenvalue weighted by Crippen LogP contribution is 2.15. The summed E-state index contributed by atoms with van der Waals surface area (Å²) < 4.78 is 33.3. The van der Waals surface area contributed by atoms with E-state index in [1.165, 1.54) is 31.2 Å². The van der Waals surface area contributed by atoms with Gasteiger partial charge in [-0.15, -0.1) is 0 Å². The number of amides is 1. The Kier molecular flexibility index (Phi) is 6.93. The molecule has 0 bridgehead atoms. The summed E-state index contributed by atoms with van der Waals surface area (Å²) in [7, 11) is -2.13. The molecular weight excluding hydrogens is 398 g/mol. The zero-order valence-corrected chi connectivity index (χ0v) is 17.4. The van der Waals surface area contributed by atoms with Crippen LogP contribution in [0.15, 0.2) is 35.2 Å². The number of hydrogen-bond acceptors (Lipinski definition) is 6. The first kappa shape index (κ1) is 22.3. The fourth-order valence-corrected chi connectivity index (χ4v) is 3.54. The lowest BCUT2D eigenvalue weighted by molar-refractivity contribution is -0.141. The van der Waals surface area contributed by atoms with Crippen LogP contribution in [0.5, 0.6) is 0 Å². The molecule has 0 aliphatic rings. The largest absolute Gasteiger partial charge is 0.456 e. The summed E-state index contributed by atoms with van der Waals surface area (Å²) in [5, 5.41) is 2.52. The minimum Gasteiger partial charge on any atom is -0.456 e. The second-order valence-electron chi connectivity index (χ2n) is 6.46. The van der Waals surface area contributed by atoms with Gasteiger partial charge >= 0.3 is 5.97 Å². The first-order valence-electron chi connectivity index (χ1n) is 8.70. The molecule has 29 heavy (non-hydrogen) atoms. The van der Waals surface area contributed by atoms with Gasteiger partial charge in [0, 0.05) is 36.6 Å². The maximum atomic E-state index is 12.2. The Morgan fingerprint density at radius 2 is 1.72 bits per heavy atom. The highest BCUT2D eigenvalue weighted by Gasteiger charge is 2.19. The van der Waals surface area contributed by atoms with Crippen molar-refractivity contribution >= 4 is 33.4 Å². The third kappa shape index (κ3) is 5.75. The van der Waals surface area contributed by atoms with Crippen molar-refractivity contribution in [1.29, 1.82) is 0 Å². The van der Waals surface area contributed by atoms with Gasteiger partial charge in [0.1, 0.15) is 6.54 Å². The van der Waals surface area contributed by atoms with Crippen molar-refractivity contribution in [2.45, 2.75) is 25.7 Å². The number of nitrogens with one attached hydrogen (secondary N) is 2. The Hall–Kier alpha value is -2.98. The fraction of sp³-hybridized carbons (Fsp3) is 0.316. The molecule has 2 N–H and O–H groups in total. The topological polar surface area (TPSA) is 124 Å². The van der Waals surface area contributed by atoms with E-state index in [0.29, 0.717) is 11.3 Å². The van der Waals surface area contributed by atoms with Crippen LogP contribution in [0.2, 0.25) is 0 Å². The van der Waals surface area contributed by atoms with Gasteiger partial charge in [-0.25, -0.2) is 8.42 Å². The van der Waals surface area contributed by atoms with Crippen molar-refractivity contribution in [3.63, 3.8) is 0 Å². The Labute approximate surface area is 169 Å². The van der Waals surface area contributed by atoms with E-state index in [9.17, 15) is 22.8 Å². The van der Waals surface area contributed by atoms with Gasteiger partial charge in [0.05, 0.1) is 4.90 Å². The molecule has 2 rings (SSSR count). The number of aromatic nitrogens is 1. The standard InChI is InChI=1S/C19H23N3O6S/c1-12-9-17(13(2)22(12)4)18(24)11-28-19(25)10-20-29(26,27)16-7-5-15(6-8-16)21-14(3)23/h5-9,20H,10-11H2,1-4H3,(H,21,23). The average molecular weight is 421 g/mol. The molecule has 0 saturated carbocycles. The Balaban J connectivity index is 1.89. The molecule has 1 amide bonds. The van der Waals surface area contributed by atoms with Crippen molar-refractivity contribution in [3.05, 3.63) is 47.3 Å². The quantitative estimate of drug-likeness (QED) is 0.489. The summed E-state index contributed by atoms with van der Waals surface area (Å²) in [5.41, 5.74) is 2.56. The van der Waals surface area contributed by atoms with Crippen LogP contribution in [0.25, 0.3) is 0 Å². The van der Waals surface area contributed by atoms with Crippen molar-refractivity contribution in [2.24, 2.45) is 7.05 Å². The number of esters is 1. The molecule has 0 aliphatic carbocycles. The van der Waals surface area contributed by atoms with Crippen LogP contribution < -0.4 is 10.0 Å². The predicted octanol–water partition coefficient (Wildman–Crippen LogP) is 1.30. The summed E-state index contributed by atoms with van der Waals surface area (Å²) in [6, 6.07) is 7.15. The highest BCUT2D eigenvalue weighted by molar-refractivity contribution is 7.89. The molecule has 0 spiro atoms. The molecule has 2 aromatic rings. The minimum atomic E-state index is -3.95. The lowest BCUT2D eigenvalue weighted by Crippen LogP contribution is -2.31. The molecule has 1 aromatic carbocycles. The molecule has 1 aromatic heterocycles. The normalized spacial score (nSPS) is 11.2. The SMILES string of the molecule is CC(=O)Nc1ccc(S(=O)(=O)NCC(=O)OCC(=O)c2cc(C)n(C)c2C)cc1. The van der Waals surface area contributed by atoms with Crippen LogP contribution >= 0.6 is 0 Å². The summed E-state index contributed by atoms with van der Waals surface area (Å²) in [4.78, 5) is 35.0. The Morgan fingerprint density at radius 1 is 1.10 bits per heavy atom. The summed E-state index contributed by atoms with van der Waals surface area (Å²) in [5.74, 6) is -1.52. The Morgan fingerprint density at radius 3 is 2.24 bits per heavy atom. The van der Waals surface area contributed by atoms with Gasteiger partial charge in [-0.05, 0) is 44.2 Å². The van der Waals surface area contributed by atoms with Gasteiger partial charge < -0.3 is 14.6 Å². The molecule has 156 valence electrons. The van der Waals surface area contributed by atoms with E-state index in [0.717, 1.165) is 11.4 Å². The predicted molar refractivity (Wildman–Crippen MR) is 106 cm³/mol. The van der Waals surface area contributed by atoms with Gasteiger partial charge in [0.25, 0.3) is 0 Å². The maximum Gasteiger partial charge on any atom is 0.321 e. The number of ketones is 1. The zero-order valence-electron chi connectivity index (χ0n) is 16.6. The van der Waals surface area contributed by atoms with Crippen LogP contribution in [0, 0.1) is 13.8 Å². The fourth-order valence-electron chi connectivity index (χ4n) is 2.57. The first-order valence-corrected chi connectivity index (χ1v) is 10.2. The molecule has 0 atom stereocenters. The monoisotopic (exact) mass is 421 g/mol. The number of carbonyl (C=O) groups is 3. The molecule has 0 unspecified atom stereocenters. The van der Waals surface area contributed by atoms with Gasteiger partial charge in [0.15, 0.2) is 6.61 Å². The third-order valence-corrected chi connectivity index (χ3v) is 5.75. The molecule has 9 nitrogen and oxygen atoms in total. The lowest BCUT2D eigenvalue weighted by Gasteiger charge is -2.08. The number of anilines is 1. The summed E-state index contributed by atoms with van der Waals surface area (Å²) >= 11 is 0. The summed E-state index contributed by atoms with van der Waals surface area (Å²) in [6.45, 7) is 3.88.